The molecule has 0 amide bonds. The highest BCUT2D eigenvalue weighted by atomic mass is 32.2. The van der Waals surface area contributed by atoms with Crippen LogP contribution in [-0.4, -0.2) is 14.8 Å². The molecule has 0 bridgehead atoms. The van der Waals surface area contributed by atoms with Gasteiger partial charge in [0.2, 0.25) is 0 Å². The van der Waals surface area contributed by atoms with E-state index in [1.807, 2.05) is 26.0 Å². The molecular formula is C24H21N3S2. The van der Waals surface area contributed by atoms with Crippen molar-refractivity contribution in [3.05, 3.63) is 83.7 Å². The molecule has 29 heavy (non-hydrogen) atoms. The van der Waals surface area contributed by atoms with E-state index < -0.39 is 0 Å². The van der Waals surface area contributed by atoms with E-state index in [2.05, 4.69) is 70.7 Å². The fourth-order valence-corrected chi connectivity index (χ4v) is 4.11. The van der Waals surface area contributed by atoms with E-state index in [0.29, 0.717) is 0 Å². The lowest BCUT2D eigenvalue weighted by Gasteiger charge is -2.14. The topological polar surface area (TPSA) is 37.8 Å². The normalized spacial score (nSPS) is 10.9. The number of pyridine rings is 2. The summed E-state index contributed by atoms with van der Waals surface area (Å²) in [5.74, 6) is 0. The van der Waals surface area contributed by atoms with Crippen LogP contribution in [0.15, 0.2) is 76.7 Å². The molecule has 2 heterocycles. The molecule has 0 atom stereocenters. The fraction of sp³-hybridized carbons (Fsp3) is 0.125. The molecule has 0 unspecified atom stereocenters. The summed E-state index contributed by atoms with van der Waals surface area (Å²) in [6, 6.07) is 20.9. The smallest absolute Gasteiger partial charge is 0.161 e. The number of aryl methyl sites for hydroxylation is 2. The highest BCUT2D eigenvalue weighted by molar-refractivity contribution is 7.99. The minimum atomic E-state index is 0.753. The van der Waals surface area contributed by atoms with Gasteiger partial charge >= 0.3 is 0 Å². The van der Waals surface area contributed by atoms with Crippen LogP contribution < -0.4 is 5.32 Å². The zero-order valence-electron chi connectivity index (χ0n) is 16.6. The third kappa shape index (κ3) is 4.47. The summed E-state index contributed by atoms with van der Waals surface area (Å²) in [7, 11) is 0. The monoisotopic (exact) mass is 415 g/mol. The lowest BCUT2D eigenvalue weighted by Crippen LogP contribution is -1.97. The maximum absolute atomic E-state index is 5.26. The number of aromatic nitrogens is 2. The van der Waals surface area contributed by atoms with E-state index in [1.165, 1.54) is 10.5 Å². The molecule has 2 aromatic heterocycles. The summed E-state index contributed by atoms with van der Waals surface area (Å²) in [5, 5.41) is 4.61. The number of rotatable bonds is 5. The molecule has 4 rings (SSSR count). The van der Waals surface area contributed by atoms with Crippen molar-refractivity contribution >= 4 is 51.3 Å². The average Bonchev–Trinajstić information content (AvgIpc) is 2.70. The van der Waals surface area contributed by atoms with Crippen molar-refractivity contribution in [3.8, 4) is 0 Å². The number of hydrogen-bond acceptors (Lipinski definition) is 5. The second-order valence-electron chi connectivity index (χ2n) is 6.99. The van der Waals surface area contributed by atoms with E-state index in [-0.39, 0.29) is 0 Å². The van der Waals surface area contributed by atoms with E-state index >= 15 is 0 Å². The van der Waals surface area contributed by atoms with E-state index in [0.717, 1.165) is 43.4 Å². The molecule has 0 spiro atoms. The Kier molecular flexibility index (Phi) is 5.60. The van der Waals surface area contributed by atoms with Gasteiger partial charge in [-0.1, -0.05) is 42.2 Å². The van der Waals surface area contributed by atoms with Gasteiger partial charge in [-0.2, -0.15) is 0 Å². The van der Waals surface area contributed by atoms with Crippen LogP contribution in [-0.2, 0) is 0 Å². The van der Waals surface area contributed by atoms with Gasteiger partial charge in [0.25, 0.3) is 0 Å². The first kappa shape index (κ1) is 19.6. The van der Waals surface area contributed by atoms with Gasteiger partial charge in [0, 0.05) is 31.9 Å². The molecule has 4 aromatic rings. The number of benzene rings is 2. The average molecular weight is 416 g/mol. The summed E-state index contributed by atoms with van der Waals surface area (Å²) in [6.45, 7) is 6.04. The molecule has 3 nitrogen and oxygen atoms in total. The van der Waals surface area contributed by atoms with Crippen LogP contribution in [0.5, 0.6) is 0 Å². The first-order valence-electron chi connectivity index (χ1n) is 9.38. The van der Waals surface area contributed by atoms with Crippen LogP contribution in [0, 0.1) is 13.8 Å². The van der Waals surface area contributed by atoms with Gasteiger partial charge in [-0.3, -0.25) is 0 Å². The molecule has 0 radical (unpaired) electrons. The molecule has 5 heteroatoms. The quantitative estimate of drug-likeness (QED) is 0.284. The lowest BCUT2D eigenvalue weighted by molar-refractivity contribution is 1.20. The first-order valence-corrected chi connectivity index (χ1v) is 10.6. The standard InChI is InChI=1S/C24H21N3S2/c1-15-4-11-23(29-19-8-6-18(7-9-19)17(3)28)22(14-15)27-21-12-13-25-24-20(21)10-5-16(2)26-24/h4-14H,1-3H3,(H,25,26,27). The third-order valence-electron chi connectivity index (χ3n) is 4.64. The van der Waals surface area contributed by atoms with Gasteiger partial charge in [-0.15, -0.1) is 0 Å². The molecule has 0 saturated carbocycles. The summed E-state index contributed by atoms with van der Waals surface area (Å²) < 4.78 is 0. The van der Waals surface area contributed by atoms with Gasteiger partial charge in [0.1, 0.15) is 0 Å². The number of thiocarbonyl (C=S) groups is 1. The van der Waals surface area contributed by atoms with Crippen molar-refractivity contribution in [3.63, 3.8) is 0 Å². The largest absolute Gasteiger partial charge is 0.354 e. The summed E-state index contributed by atoms with van der Waals surface area (Å²) >= 11 is 7.00. The predicted molar refractivity (Wildman–Crippen MR) is 127 cm³/mol. The second-order valence-corrected chi connectivity index (χ2v) is 8.72. The Labute approximate surface area is 180 Å². The Morgan fingerprint density at radius 1 is 0.931 bits per heavy atom. The number of nitrogens with one attached hydrogen (secondary N) is 1. The molecule has 0 aliphatic rings. The van der Waals surface area contributed by atoms with E-state index in [1.54, 1.807) is 18.0 Å². The predicted octanol–water partition coefficient (Wildman–Crippen LogP) is 6.88. The van der Waals surface area contributed by atoms with Gasteiger partial charge in [0.15, 0.2) is 5.65 Å². The molecule has 0 saturated heterocycles. The van der Waals surface area contributed by atoms with Gasteiger partial charge in [-0.05, 0) is 74.4 Å². The van der Waals surface area contributed by atoms with Crippen LogP contribution in [0.3, 0.4) is 0 Å². The number of hydrogen-bond donors (Lipinski definition) is 1. The highest BCUT2D eigenvalue weighted by Gasteiger charge is 2.09. The Morgan fingerprint density at radius 2 is 1.72 bits per heavy atom. The molecule has 0 aliphatic heterocycles. The van der Waals surface area contributed by atoms with Crippen LogP contribution in [0.2, 0.25) is 0 Å². The second kappa shape index (κ2) is 8.31. The van der Waals surface area contributed by atoms with Gasteiger partial charge in [-0.25, -0.2) is 9.97 Å². The van der Waals surface area contributed by atoms with Crippen molar-refractivity contribution in [1.29, 1.82) is 0 Å². The molecule has 1 N–H and O–H groups in total. The number of fused-ring (bicyclic) bond motifs is 1. The van der Waals surface area contributed by atoms with Crippen molar-refractivity contribution in [2.75, 3.05) is 5.32 Å². The number of anilines is 2. The SMILES string of the molecule is CC(=S)c1ccc(Sc2ccc(C)cc2Nc2ccnc3nc(C)ccc23)cc1. The van der Waals surface area contributed by atoms with Crippen molar-refractivity contribution in [2.45, 2.75) is 30.6 Å². The fourth-order valence-electron chi connectivity index (χ4n) is 3.09. The minimum Gasteiger partial charge on any atom is -0.354 e. The Bertz CT molecular complexity index is 1200. The summed E-state index contributed by atoms with van der Waals surface area (Å²) in [6.07, 6.45) is 1.80. The van der Waals surface area contributed by atoms with Gasteiger partial charge in [0.05, 0.1) is 11.4 Å². The Balaban J connectivity index is 1.68. The molecule has 2 aromatic carbocycles. The van der Waals surface area contributed by atoms with E-state index in [9.17, 15) is 0 Å². The third-order valence-corrected chi connectivity index (χ3v) is 5.96. The molecule has 0 fully saturated rings. The van der Waals surface area contributed by atoms with Crippen LogP contribution in [0.4, 0.5) is 11.4 Å². The zero-order chi connectivity index (χ0) is 20.4. The summed E-state index contributed by atoms with van der Waals surface area (Å²) in [5.41, 5.74) is 6.08. The number of nitrogens with zero attached hydrogens (tertiary/aromatic N) is 2. The molecule has 0 aliphatic carbocycles. The van der Waals surface area contributed by atoms with E-state index in [4.69, 9.17) is 12.2 Å². The Hall–Kier alpha value is -2.76. The lowest BCUT2D eigenvalue weighted by atomic mass is 10.2. The van der Waals surface area contributed by atoms with Gasteiger partial charge < -0.3 is 5.32 Å². The van der Waals surface area contributed by atoms with Crippen LogP contribution in [0.25, 0.3) is 11.0 Å². The zero-order valence-corrected chi connectivity index (χ0v) is 18.2. The maximum atomic E-state index is 5.26. The Morgan fingerprint density at radius 3 is 2.48 bits per heavy atom. The van der Waals surface area contributed by atoms with Crippen molar-refractivity contribution in [2.24, 2.45) is 0 Å². The molecular weight excluding hydrogens is 394 g/mol. The van der Waals surface area contributed by atoms with Crippen LogP contribution in [0.1, 0.15) is 23.7 Å². The highest BCUT2D eigenvalue weighted by Crippen LogP contribution is 2.36. The summed E-state index contributed by atoms with van der Waals surface area (Å²) in [4.78, 5) is 12.2. The van der Waals surface area contributed by atoms with Crippen molar-refractivity contribution in [1.82, 2.24) is 9.97 Å². The molecule has 144 valence electrons. The first-order chi connectivity index (χ1) is 14.0. The minimum absolute atomic E-state index is 0.753. The van der Waals surface area contributed by atoms with Crippen LogP contribution >= 0.6 is 24.0 Å². The maximum Gasteiger partial charge on any atom is 0.161 e. The van der Waals surface area contributed by atoms with Crippen molar-refractivity contribution < 1.29 is 0 Å².